The minimum atomic E-state index is 0.699. The lowest BCUT2D eigenvalue weighted by Crippen LogP contribution is -2.08. The van der Waals surface area contributed by atoms with E-state index in [1.54, 1.807) is 18.4 Å². The van der Waals surface area contributed by atoms with Crippen LogP contribution in [0.2, 0.25) is 0 Å². The lowest BCUT2D eigenvalue weighted by atomic mass is 9.91. The van der Waals surface area contributed by atoms with Crippen LogP contribution in [-0.4, -0.2) is 36.2 Å². The monoisotopic (exact) mass is 287 g/mol. The maximum atomic E-state index is 4.99. The molecule has 0 saturated heterocycles. The Hall–Kier alpha value is -0.330. The van der Waals surface area contributed by atoms with Crippen molar-refractivity contribution in [2.45, 2.75) is 36.4 Å². The Balaban J connectivity index is 1.69. The molecule has 1 fully saturated rings. The number of ether oxygens (including phenoxy) is 1. The predicted octanol–water partition coefficient (Wildman–Crippen LogP) is 3.27. The van der Waals surface area contributed by atoms with E-state index in [0.717, 1.165) is 21.9 Å². The van der Waals surface area contributed by atoms with Crippen molar-refractivity contribution >= 4 is 28.2 Å². The average Bonchev–Trinajstić information content (AvgIpc) is 2.86. The average molecular weight is 287 g/mol. The zero-order valence-corrected chi connectivity index (χ0v) is 12.5. The van der Waals surface area contributed by atoms with Crippen molar-refractivity contribution < 1.29 is 4.74 Å². The van der Waals surface area contributed by atoms with Gasteiger partial charge in [-0.2, -0.15) is 0 Å². The van der Waals surface area contributed by atoms with E-state index >= 15 is 0 Å². The quantitative estimate of drug-likeness (QED) is 0.616. The van der Waals surface area contributed by atoms with Crippen LogP contribution in [0.5, 0.6) is 0 Å². The standard InChI is InChI=1S/C12H21N3OS2/c1-16-8-7-13-11-14-15-12(18-11)17-9-10-5-3-2-4-6-10/h10H,2-9H2,1H3,(H,13,14). The molecule has 1 aliphatic rings. The van der Waals surface area contributed by atoms with E-state index < -0.39 is 0 Å². The third kappa shape index (κ3) is 4.74. The van der Waals surface area contributed by atoms with Gasteiger partial charge in [0.15, 0.2) is 4.34 Å². The summed E-state index contributed by atoms with van der Waals surface area (Å²) < 4.78 is 6.07. The number of nitrogens with one attached hydrogen (secondary N) is 1. The molecular weight excluding hydrogens is 266 g/mol. The maximum absolute atomic E-state index is 4.99. The SMILES string of the molecule is COCCNc1nnc(SCC2CCCCC2)s1. The topological polar surface area (TPSA) is 47.0 Å². The van der Waals surface area contributed by atoms with Gasteiger partial charge < -0.3 is 10.1 Å². The van der Waals surface area contributed by atoms with Crippen LogP contribution in [0.3, 0.4) is 0 Å². The molecule has 1 heterocycles. The first-order chi connectivity index (χ1) is 8.88. The van der Waals surface area contributed by atoms with Crippen LogP contribution in [0.4, 0.5) is 5.13 Å². The van der Waals surface area contributed by atoms with Gasteiger partial charge in [0.2, 0.25) is 5.13 Å². The summed E-state index contributed by atoms with van der Waals surface area (Å²) in [6.07, 6.45) is 7.03. The zero-order chi connectivity index (χ0) is 12.6. The number of hydrogen-bond acceptors (Lipinski definition) is 6. The van der Waals surface area contributed by atoms with Gasteiger partial charge in [0.25, 0.3) is 0 Å². The first-order valence-electron chi connectivity index (χ1n) is 6.57. The van der Waals surface area contributed by atoms with Crippen molar-refractivity contribution in [2.24, 2.45) is 5.92 Å². The summed E-state index contributed by atoms with van der Waals surface area (Å²) in [4.78, 5) is 0. The van der Waals surface area contributed by atoms with E-state index in [2.05, 4.69) is 15.5 Å². The van der Waals surface area contributed by atoms with E-state index in [9.17, 15) is 0 Å². The Bertz CT molecular complexity index is 340. The highest BCUT2D eigenvalue weighted by Crippen LogP contribution is 2.32. The minimum absolute atomic E-state index is 0.699. The number of thioether (sulfide) groups is 1. The second-order valence-corrected chi connectivity index (χ2v) is 6.85. The summed E-state index contributed by atoms with van der Waals surface area (Å²) in [7, 11) is 1.70. The molecule has 0 spiro atoms. The smallest absolute Gasteiger partial charge is 0.206 e. The molecule has 0 unspecified atom stereocenters. The normalized spacial score (nSPS) is 16.9. The molecule has 1 aliphatic carbocycles. The molecule has 0 atom stereocenters. The molecule has 1 aromatic rings. The van der Waals surface area contributed by atoms with Crippen molar-refractivity contribution in [3.63, 3.8) is 0 Å². The van der Waals surface area contributed by atoms with Gasteiger partial charge in [-0.3, -0.25) is 0 Å². The fraction of sp³-hybridized carbons (Fsp3) is 0.833. The Kier molecular flexibility index (Phi) is 6.23. The third-order valence-electron chi connectivity index (χ3n) is 3.16. The van der Waals surface area contributed by atoms with Crippen molar-refractivity contribution in [2.75, 3.05) is 31.3 Å². The molecule has 1 aromatic heterocycles. The maximum Gasteiger partial charge on any atom is 0.206 e. The Morgan fingerprint density at radius 1 is 1.33 bits per heavy atom. The fourth-order valence-corrected chi connectivity index (χ4v) is 4.13. The first kappa shape index (κ1) is 14.1. The Morgan fingerprint density at radius 3 is 2.94 bits per heavy atom. The molecule has 0 amide bonds. The van der Waals surface area contributed by atoms with E-state index in [1.165, 1.54) is 37.9 Å². The molecule has 0 aromatic carbocycles. The van der Waals surface area contributed by atoms with Crippen LogP contribution < -0.4 is 5.32 Å². The van der Waals surface area contributed by atoms with E-state index in [0.29, 0.717) is 6.61 Å². The molecule has 18 heavy (non-hydrogen) atoms. The molecule has 6 heteroatoms. The van der Waals surface area contributed by atoms with Gasteiger partial charge in [-0.15, -0.1) is 10.2 Å². The van der Waals surface area contributed by atoms with Crippen LogP contribution in [0.15, 0.2) is 4.34 Å². The fourth-order valence-electron chi connectivity index (χ4n) is 2.14. The summed E-state index contributed by atoms with van der Waals surface area (Å²) >= 11 is 3.51. The first-order valence-corrected chi connectivity index (χ1v) is 8.38. The van der Waals surface area contributed by atoms with Crippen LogP contribution in [0.1, 0.15) is 32.1 Å². The van der Waals surface area contributed by atoms with Crippen molar-refractivity contribution in [3.05, 3.63) is 0 Å². The molecule has 4 nitrogen and oxygen atoms in total. The molecule has 1 N–H and O–H groups in total. The summed E-state index contributed by atoms with van der Waals surface area (Å²) in [6.45, 7) is 1.49. The summed E-state index contributed by atoms with van der Waals surface area (Å²) in [5.41, 5.74) is 0. The number of anilines is 1. The zero-order valence-electron chi connectivity index (χ0n) is 10.9. The highest BCUT2D eigenvalue weighted by molar-refractivity contribution is 8.01. The minimum Gasteiger partial charge on any atom is -0.383 e. The van der Waals surface area contributed by atoms with Gasteiger partial charge in [0.1, 0.15) is 0 Å². The highest BCUT2D eigenvalue weighted by Gasteiger charge is 2.14. The number of rotatable bonds is 7. The van der Waals surface area contributed by atoms with Crippen molar-refractivity contribution in [1.29, 1.82) is 0 Å². The van der Waals surface area contributed by atoms with Gasteiger partial charge in [0, 0.05) is 19.4 Å². The molecule has 102 valence electrons. The summed E-state index contributed by atoms with van der Waals surface area (Å²) in [6, 6.07) is 0. The number of hydrogen-bond donors (Lipinski definition) is 1. The van der Waals surface area contributed by atoms with Gasteiger partial charge >= 0.3 is 0 Å². The summed E-state index contributed by atoms with van der Waals surface area (Å²) in [5, 5.41) is 12.5. The van der Waals surface area contributed by atoms with Crippen LogP contribution >= 0.6 is 23.1 Å². The molecule has 0 aliphatic heterocycles. The van der Waals surface area contributed by atoms with Gasteiger partial charge in [-0.05, 0) is 18.8 Å². The molecule has 1 saturated carbocycles. The second-order valence-electron chi connectivity index (χ2n) is 4.61. The van der Waals surface area contributed by atoms with Gasteiger partial charge in [-0.1, -0.05) is 42.4 Å². The molecule has 2 rings (SSSR count). The number of methoxy groups -OCH3 is 1. The summed E-state index contributed by atoms with van der Waals surface area (Å²) in [5.74, 6) is 2.09. The lowest BCUT2D eigenvalue weighted by Gasteiger charge is -2.20. The van der Waals surface area contributed by atoms with Crippen LogP contribution in [0.25, 0.3) is 0 Å². The highest BCUT2D eigenvalue weighted by atomic mass is 32.2. The second kappa shape index (κ2) is 7.96. The van der Waals surface area contributed by atoms with Crippen molar-refractivity contribution in [1.82, 2.24) is 10.2 Å². The molecule has 0 bridgehead atoms. The van der Waals surface area contributed by atoms with Gasteiger partial charge in [0.05, 0.1) is 6.61 Å². The number of aromatic nitrogens is 2. The van der Waals surface area contributed by atoms with Gasteiger partial charge in [-0.25, -0.2) is 0 Å². The number of nitrogens with zero attached hydrogens (tertiary/aromatic N) is 2. The third-order valence-corrected chi connectivity index (χ3v) is 5.40. The molecular formula is C12H21N3OS2. The molecule has 0 radical (unpaired) electrons. The Labute approximate surface area is 117 Å². The Morgan fingerprint density at radius 2 is 2.17 bits per heavy atom. The predicted molar refractivity (Wildman–Crippen MR) is 77.6 cm³/mol. The van der Waals surface area contributed by atoms with E-state index in [4.69, 9.17) is 4.74 Å². The largest absolute Gasteiger partial charge is 0.383 e. The van der Waals surface area contributed by atoms with Crippen molar-refractivity contribution in [3.8, 4) is 0 Å². The van der Waals surface area contributed by atoms with Crippen LogP contribution in [-0.2, 0) is 4.74 Å². The lowest BCUT2D eigenvalue weighted by molar-refractivity contribution is 0.211. The van der Waals surface area contributed by atoms with Crippen LogP contribution in [0, 0.1) is 5.92 Å². The van der Waals surface area contributed by atoms with E-state index in [1.807, 2.05) is 11.8 Å². The van der Waals surface area contributed by atoms with E-state index in [-0.39, 0.29) is 0 Å².